The van der Waals surface area contributed by atoms with Gasteiger partial charge in [0.25, 0.3) is 0 Å². The second kappa shape index (κ2) is 6.69. The number of fused-ring (bicyclic) bond motifs is 1. The number of aliphatic hydroxyl groups is 3. The molecule has 1 saturated carbocycles. The molecule has 25 heavy (non-hydrogen) atoms. The largest absolute Gasteiger partial charge is 0.394 e. The molecule has 2 aromatic heterocycles. The third-order valence-electron chi connectivity index (χ3n) is 4.79. The molecule has 0 radical (unpaired) electrons. The fraction of sp³-hybridized carbons (Fsp3) is 0.667. The van der Waals surface area contributed by atoms with Gasteiger partial charge in [0, 0.05) is 5.25 Å². The summed E-state index contributed by atoms with van der Waals surface area (Å²) < 4.78 is 7.10. The number of thioether (sulfide) groups is 1. The second-order valence-corrected chi connectivity index (χ2v) is 7.74. The molecule has 0 amide bonds. The number of aliphatic hydroxyl groups excluding tert-OH is 3. The van der Waals surface area contributed by atoms with Crippen molar-refractivity contribution in [2.24, 2.45) is 0 Å². The summed E-state index contributed by atoms with van der Waals surface area (Å²) >= 11 is 1.61. The van der Waals surface area contributed by atoms with Crippen molar-refractivity contribution in [2.45, 2.75) is 60.6 Å². The number of aromatic nitrogens is 4. The molecule has 2 fully saturated rings. The van der Waals surface area contributed by atoms with Gasteiger partial charge in [-0.25, -0.2) is 15.0 Å². The third kappa shape index (κ3) is 2.97. The van der Waals surface area contributed by atoms with Crippen molar-refractivity contribution in [3.63, 3.8) is 0 Å². The van der Waals surface area contributed by atoms with Crippen LogP contribution in [0.3, 0.4) is 0 Å². The Balaban J connectivity index is 1.68. The molecular formula is C15H21N5O4S. The van der Waals surface area contributed by atoms with Crippen LogP contribution in [0.25, 0.3) is 11.2 Å². The van der Waals surface area contributed by atoms with Gasteiger partial charge < -0.3 is 25.8 Å². The highest BCUT2D eigenvalue weighted by atomic mass is 32.2. The summed E-state index contributed by atoms with van der Waals surface area (Å²) in [6.45, 7) is -0.388. The topological polar surface area (TPSA) is 140 Å². The van der Waals surface area contributed by atoms with Crippen molar-refractivity contribution in [1.29, 1.82) is 0 Å². The Bertz CT molecular complexity index is 766. The Morgan fingerprint density at radius 1 is 1.24 bits per heavy atom. The van der Waals surface area contributed by atoms with Crippen LogP contribution in [0.15, 0.2) is 11.5 Å². The van der Waals surface area contributed by atoms with E-state index in [1.54, 1.807) is 11.8 Å². The summed E-state index contributed by atoms with van der Waals surface area (Å²) in [6, 6.07) is 0. The average Bonchev–Trinajstić information content (AvgIpc) is 3.30. The van der Waals surface area contributed by atoms with E-state index in [1.807, 2.05) is 0 Å². The van der Waals surface area contributed by atoms with Gasteiger partial charge in [0.2, 0.25) is 0 Å². The molecular weight excluding hydrogens is 346 g/mol. The zero-order valence-corrected chi connectivity index (χ0v) is 14.3. The van der Waals surface area contributed by atoms with Gasteiger partial charge in [-0.05, 0) is 12.8 Å². The monoisotopic (exact) mass is 367 g/mol. The molecule has 1 saturated heterocycles. The molecule has 0 aromatic carbocycles. The zero-order valence-electron chi connectivity index (χ0n) is 13.5. The van der Waals surface area contributed by atoms with Crippen LogP contribution in [0.1, 0.15) is 31.9 Å². The summed E-state index contributed by atoms with van der Waals surface area (Å²) in [5.74, 6) is 0.274. The molecule has 4 rings (SSSR count). The summed E-state index contributed by atoms with van der Waals surface area (Å²) in [5.41, 5.74) is 6.90. The number of anilines is 1. The van der Waals surface area contributed by atoms with Crippen molar-refractivity contribution < 1.29 is 20.1 Å². The maximum absolute atomic E-state index is 10.2. The highest BCUT2D eigenvalue weighted by molar-refractivity contribution is 7.99. The smallest absolute Gasteiger partial charge is 0.191 e. The predicted octanol–water partition coefficient (Wildman–Crippen LogP) is 0.0547. The first-order valence-electron chi connectivity index (χ1n) is 8.37. The van der Waals surface area contributed by atoms with E-state index in [4.69, 9.17) is 10.5 Å². The van der Waals surface area contributed by atoms with Crippen LogP contribution in [-0.2, 0) is 4.74 Å². The summed E-state index contributed by atoms with van der Waals surface area (Å²) in [6.07, 6.45) is 2.04. The van der Waals surface area contributed by atoms with Gasteiger partial charge in [0.15, 0.2) is 22.8 Å². The van der Waals surface area contributed by atoms with E-state index >= 15 is 0 Å². The SMILES string of the molecule is Nc1nc(SC2CCCC2)nc2c1ncn2C1O[C@H](CO)[C@@H](O)[C@H]1O. The molecule has 10 heteroatoms. The van der Waals surface area contributed by atoms with E-state index < -0.39 is 24.5 Å². The first-order chi connectivity index (χ1) is 12.1. The van der Waals surface area contributed by atoms with Gasteiger partial charge in [-0.1, -0.05) is 24.6 Å². The highest BCUT2D eigenvalue weighted by Gasteiger charge is 2.44. The van der Waals surface area contributed by atoms with Crippen LogP contribution in [0.5, 0.6) is 0 Å². The molecule has 1 aliphatic carbocycles. The van der Waals surface area contributed by atoms with Gasteiger partial charge in [0.1, 0.15) is 23.8 Å². The van der Waals surface area contributed by atoms with Crippen LogP contribution >= 0.6 is 11.8 Å². The van der Waals surface area contributed by atoms with Crippen LogP contribution < -0.4 is 5.73 Å². The van der Waals surface area contributed by atoms with E-state index in [0.717, 1.165) is 12.8 Å². The molecule has 1 aliphatic heterocycles. The Kier molecular flexibility index (Phi) is 4.54. The predicted molar refractivity (Wildman–Crippen MR) is 90.9 cm³/mol. The lowest BCUT2D eigenvalue weighted by Crippen LogP contribution is -2.33. The molecule has 4 atom stereocenters. The molecule has 2 aliphatic rings. The van der Waals surface area contributed by atoms with Gasteiger partial charge in [-0.15, -0.1) is 0 Å². The normalized spacial score (nSPS) is 30.5. The number of imidazole rings is 1. The summed E-state index contributed by atoms with van der Waals surface area (Å²) in [5, 5.41) is 30.5. The van der Waals surface area contributed by atoms with E-state index in [-0.39, 0.29) is 12.4 Å². The van der Waals surface area contributed by atoms with Gasteiger partial charge in [-0.2, -0.15) is 0 Å². The van der Waals surface area contributed by atoms with Crippen molar-refractivity contribution in [1.82, 2.24) is 19.5 Å². The van der Waals surface area contributed by atoms with Crippen molar-refractivity contribution >= 4 is 28.7 Å². The lowest BCUT2D eigenvalue weighted by Gasteiger charge is -2.17. The lowest BCUT2D eigenvalue weighted by molar-refractivity contribution is -0.0511. The molecule has 136 valence electrons. The maximum atomic E-state index is 10.2. The number of rotatable bonds is 4. The zero-order chi connectivity index (χ0) is 17.6. The minimum Gasteiger partial charge on any atom is -0.394 e. The maximum Gasteiger partial charge on any atom is 0.191 e. The summed E-state index contributed by atoms with van der Waals surface area (Å²) in [4.78, 5) is 13.1. The van der Waals surface area contributed by atoms with Crippen LogP contribution in [0.2, 0.25) is 0 Å². The van der Waals surface area contributed by atoms with Crippen molar-refractivity contribution in [2.75, 3.05) is 12.3 Å². The Morgan fingerprint density at radius 2 is 2.00 bits per heavy atom. The van der Waals surface area contributed by atoms with E-state index in [1.165, 1.54) is 23.7 Å². The van der Waals surface area contributed by atoms with Crippen LogP contribution in [0.4, 0.5) is 5.82 Å². The minimum atomic E-state index is -1.20. The first kappa shape index (κ1) is 17.0. The van der Waals surface area contributed by atoms with Crippen LogP contribution in [0, 0.1) is 0 Å². The van der Waals surface area contributed by atoms with Crippen molar-refractivity contribution in [3.05, 3.63) is 6.33 Å². The third-order valence-corrected chi connectivity index (χ3v) is 5.99. The van der Waals surface area contributed by atoms with E-state index in [2.05, 4.69) is 15.0 Å². The molecule has 1 unspecified atom stereocenters. The lowest BCUT2D eigenvalue weighted by atomic mass is 10.1. The number of nitrogen functional groups attached to an aromatic ring is 1. The molecule has 5 N–H and O–H groups in total. The van der Waals surface area contributed by atoms with Crippen LogP contribution in [-0.4, -0.2) is 65.0 Å². The fourth-order valence-electron chi connectivity index (χ4n) is 3.42. The Hall–Kier alpha value is -1.46. The fourth-order valence-corrected chi connectivity index (χ4v) is 4.58. The second-order valence-electron chi connectivity index (χ2n) is 6.47. The number of hydrogen-bond acceptors (Lipinski definition) is 9. The minimum absolute atomic E-state index is 0.274. The van der Waals surface area contributed by atoms with Gasteiger partial charge >= 0.3 is 0 Å². The molecule has 2 aromatic rings. The quantitative estimate of drug-likeness (QED) is 0.552. The van der Waals surface area contributed by atoms with E-state index in [9.17, 15) is 15.3 Å². The molecule has 0 bridgehead atoms. The van der Waals surface area contributed by atoms with Gasteiger partial charge in [0.05, 0.1) is 12.9 Å². The Labute approximate surface area is 148 Å². The standard InChI is InChI=1S/C15H21N5O4S/c16-12-9-13(19-15(18-12)25-7-3-1-2-4-7)20(6-17-9)14-11(23)10(22)8(5-21)24-14/h6-8,10-11,14,21-23H,1-5H2,(H2,16,18,19)/t8-,10-,11-,14?/m1/s1. The Morgan fingerprint density at radius 3 is 2.68 bits per heavy atom. The summed E-state index contributed by atoms with van der Waals surface area (Å²) in [7, 11) is 0. The number of nitrogens with zero attached hydrogens (tertiary/aromatic N) is 4. The first-order valence-corrected chi connectivity index (χ1v) is 9.25. The molecule has 0 spiro atoms. The van der Waals surface area contributed by atoms with E-state index in [0.29, 0.717) is 21.6 Å². The number of ether oxygens (including phenoxy) is 1. The average molecular weight is 367 g/mol. The number of nitrogens with two attached hydrogens (primary N) is 1. The molecule has 3 heterocycles. The number of hydrogen-bond donors (Lipinski definition) is 4. The van der Waals surface area contributed by atoms with Crippen molar-refractivity contribution in [3.8, 4) is 0 Å². The highest BCUT2D eigenvalue weighted by Crippen LogP contribution is 2.36. The van der Waals surface area contributed by atoms with Gasteiger partial charge in [-0.3, -0.25) is 4.57 Å². The molecule has 9 nitrogen and oxygen atoms in total.